The van der Waals surface area contributed by atoms with Crippen LogP contribution in [0.5, 0.6) is 11.5 Å². The van der Waals surface area contributed by atoms with Gasteiger partial charge in [0.05, 0.1) is 31.0 Å². The molecule has 148 valence electrons. The highest BCUT2D eigenvalue weighted by Gasteiger charge is 2.14. The molecule has 0 unspecified atom stereocenters. The first-order chi connectivity index (χ1) is 14.0. The summed E-state index contributed by atoms with van der Waals surface area (Å²) in [5.41, 5.74) is 0.806. The van der Waals surface area contributed by atoms with Crippen molar-refractivity contribution in [1.82, 2.24) is 4.98 Å². The minimum Gasteiger partial charge on any atom is -0.493 e. The third-order valence-corrected chi connectivity index (χ3v) is 4.03. The molecular weight excluding hydrogens is 377 g/mol. The molecule has 2 aromatic carbocycles. The molecule has 0 fully saturated rings. The van der Waals surface area contributed by atoms with Gasteiger partial charge in [0.2, 0.25) is 0 Å². The van der Waals surface area contributed by atoms with Crippen LogP contribution in [0.1, 0.15) is 20.7 Å². The summed E-state index contributed by atoms with van der Waals surface area (Å²) in [7, 11) is 3.00. The first kappa shape index (κ1) is 19.8. The monoisotopic (exact) mass is 395 g/mol. The molecule has 0 aliphatic carbocycles. The molecule has 0 saturated carbocycles. The lowest BCUT2D eigenvalue weighted by Gasteiger charge is -2.11. The summed E-state index contributed by atoms with van der Waals surface area (Å²) in [4.78, 5) is 28.8. The number of hydrogen-bond donors (Lipinski definition) is 2. The molecule has 0 aliphatic heterocycles. The van der Waals surface area contributed by atoms with Crippen LogP contribution in [0.4, 0.5) is 15.8 Å². The summed E-state index contributed by atoms with van der Waals surface area (Å²) in [6.45, 7) is 0. The van der Waals surface area contributed by atoms with Gasteiger partial charge in [0.1, 0.15) is 5.82 Å². The number of hydrogen-bond acceptors (Lipinski definition) is 5. The molecule has 8 heteroatoms. The second kappa shape index (κ2) is 8.83. The Kier molecular flexibility index (Phi) is 6.03. The van der Waals surface area contributed by atoms with Crippen molar-refractivity contribution >= 4 is 23.2 Å². The number of nitrogens with one attached hydrogen (secondary N) is 2. The number of carbonyl (C=O) groups is 2. The van der Waals surface area contributed by atoms with E-state index >= 15 is 0 Å². The average molecular weight is 395 g/mol. The first-order valence-electron chi connectivity index (χ1n) is 8.56. The lowest BCUT2D eigenvalue weighted by Crippen LogP contribution is -2.16. The summed E-state index contributed by atoms with van der Waals surface area (Å²) in [6.07, 6.45) is 2.62. The second-order valence-corrected chi connectivity index (χ2v) is 5.92. The predicted molar refractivity (Wildman–Crippen MR) is 106 cm³/mol. The van der Waals surface area contributed by atoms with Gasteiger partial charge in [-0.1, -0.05) is 12.1 Å². The highest BCUT2D eigenvalue weighted by atomic mass is 19.1. The smallest absolute Gasteiger partial charge is 0.257 e. The van der Waals surface area contributed by atoms with Crippen molar-refractivity contribution in [1.29, 1.82) is 0 Å². The van der Waals surface area contributed by atoms with Gasteiger partial charge in [-0.3, -0.25) is 14.6 Å². The predicted octanol–water partition coefficient (Wildman–Crippen LogP) is 3.74. The van der Waals surface area contributed by atoms with Gasteiger partial charge in [-0.25, -0.2) is 4.39 Å². The molecule has 0 spiro atoms. The fourth-order valence-corrected chi connectivity index (χ4v) is 2.56. The van der Waals surface area contributed by atoms with Gasteiger partial charge in [-0.15, -0.1) is 0 Å². The first-order valence-corrected chi connectivity index (χ1v) is 8.56. The van der Waals surface area contributed by atoms with Gasteiger partial charge in [0, 0.05) is 24.1 Å². The number of halogens is 1. The number of amides is 2. The third-order valence-electron chi connectivity index (χ3n) is 4.03. The maximum absolute atomic E-state index is 13.7. The van der Waals surface area contributed by atoms with Crippen molar-refractivity contribution in [3.05, 3.63) is 77.9 Å². The minimum absolute atomic E-state index is 0.0395. The molecule has 3 rings (SSSR count). The summed E-state index contributed by atoms with van der Waals surface area (Å²) in [6, 6.07) is 12.1. The highest BCUT2D eigenvalue weighted by Crippen LogP contribution is 2.29. The number of benzene rings is 2. The van der Waals surface area contributed by atoms with E-state index in [0.717, 1.165) is 0 Å². The number of carbonyl (C=O) groups excluding carboxylic acids is 2. The van der Waals surface area contributed by atoms with E-state index in [-0.39, 0.29) is 16.8 Å². The van der Waals surface area contributed by atoms with E-state index in [2.05, 4.69) is 15.6 Å². The molecule has 0 radical (unpaired) electrons. The number of anilines is 2. The molecule has 2 N–H and O–H groups in total. The lowest BCUT2D eigenvalue weighted by atomic mass is 10.1. The number of aromatic nitrogens is 1. The fraction of sp³-hybridized carbons (Fsp3) is 0.0952. The van der Waals surface area contributed by atoms with Gasteiger partial charge in [-0.2, -0.15) is 0 Å². The van der Waals surface area contributed by atoms with E-state index in [1.54, 1.807) is 24.3 Å². The Labute approximate surface area is 166 Å². The number of pyridine rings is 1. The Morgan fingerprint density at radius 1 is 0.862 bits per heavy atom. The summed E-state index contributed by atoms with van der Waals surface area (Å²) >= 11 is 0. The van der Waals surface area contributed by atoms with Crippen molar-refractivity contribution in [3.63, 3.8) is 0 Å². The molecule has 29 heavy (non-hydrogen) atoms. The molecule has 7 nitrogen and oxygen atoms in total. The number of para-hydroxylation sites is 1. The van der Waals surface area contributed by atoms with Crippen molar-refractivity contribution in [3.8, 4) is 11.5 Å². The van der Waals surface area contributed by atoms with Crippen LogP contribution in [0.2, 0.25) is 0 Å². The maximum Gasteiger partial charge on any atom is 0.257 e. The Bertz CT molecular complexity index is 1060. The van der Waals surface area contributed by atoms with E-state index in [4.69, 9.17) is 9.47 Å². The van der Waals surface area contributed by atoms with Crippen LogP contribution in [-0.2, 0) is 0 Å². The third kappa shape index (κ3) is 4.67. The maximum atomic E-state index is 13.7. The van der Waals surface area contributed by atoms with E-state index < -0.39 is 17.6 Å². The topological polar surface area (TPSA) is 89.5 Å². The zero-order valence-corrected chi connectivity index (χ0v) is 15.7. The quantitative estimate of drug-likeness (QED) is 0.664. The van der Waals surface area contributed by atoms with Crippen LogP contribution in [0.3, 0.4) is 0 Å². The van der Waals surface area contributed by atoms with Crippen LogP contribution >= 0.6 is 0 Å². The standard InChI is InChI=1S/C21H18FN3O4/c1-28-18-8-7-15(10-19(18)29-2)24-20(26)13-9-14(12-23-11-13)21(27)25-17-6-4-3-5-16(17)22/h3-12H,1-2H3,(H,24,26)(H,25,27). The van der Waals surface area contributed by atoms with Crippen molar-refractivity contribution in [2.45, 2.75) is 0 Å². The summed E-state index contributed by atoms with van der Waals surface area (Å²) in [5.74, 6) is -0.620. The molecule has 1 heterocycles. The van der Waals surface area contributed by atoms with Crippen LogP contribution in [-0.4, -0.2) is 31.0 Å². The zero-order valence-electron chi connectivity index (χ0n) is 15.7. The molecule has 0 bridgehead atoms. The Hall–Kier alpha value is -3.94. The Morgan fingerprint density at radius 3 is 2.17 bits per heavy atom. The molecule has 2 amide bonds. The Morgan fingerprint density at radius 2 is 1.52 bits per heavy atom. The SMILES string of the molecule is COc1ccc(NC(=O)c2cncc(C(=O)Nc3ccccc3F)c2)cc1OC. The fourth-order valence-electron chi connectivity index (χ4n) is 2.56. The second-order valence-electron chi connectivity index (χ2n) is 5.92. The molecule has 0 atom stereocenters. The molecule has 0 aliphatic rings. The van der Waals surface area contributed by atoms with Crippen LogP contribution in [0.25, 0.3) is 0 Å². The van der Waals surface area contributed by atoms with Gasteiger partial charge >= 0.3 is 0 Å². The summed E-state index contributed by atoms with van der Waals surface area (Å²) in [5, 5.41) is 5.16. The van der Waals surface area contributed by atoms with Crippen LogP contribution in [0, 0.1) is 5.82 Å². The van der Waals surface area contributed by atoms with Gasteiger partial charge in [0.25, 0.3) is 11.8 Å². The minimum atomic E-state index is -0.580. The molecule has 3 aromatic rings. The van der Waals surface area contributed by atoms with Gasteiger partial charge < -0.3 is 20.1 Å². The number of methoxy groups -OCH3 is 2. The van der Waals surface area contributed by atoms with Gasteiger partial charge in [-0.05, 0) is 30.3 Å². The van der Waals surface area contributed by atoms with Crippen LogP contribution in [0.15, 0.2) is 60.9 Å². The number of rotatable bonds is 6. The highest BCUT2D eigenvalue weighted by molar-refractivity contribution is 6.08. The van der Waals surface area contributed by atoms with E-state index in [1.165, 1.54) is 50.9 Å². The largest absolute Gasteiger partial charge is 0.493 e. The van der Waals surface area contributed by atoms with Gasteiger partial charge in [0.15, 0.2) is 11.5 Å². The average Bonchev–Trinajstić information content (AvgIpc) is 2.75. The van der Waals surface area contributed by atoms with E-state index in [0.29, 0.717) is 17.2 Å². The Balaban J connectivity index is 1.76. The summed E-state index contributed by atoms with van der Waals surface area (Å²) < 4.78 is 24.1. The van der Waals surface area contributed by atoms with Crippen molar-refractivity contribution in [2.24, 2.45) is 0 Å². The van der Waals surface area contributed by atoms with Crippen molar-refractivity contribution < 1.29 is 23.5 Å². The van der Waals surface area contributed by atoms with E-state index in [9.17, 15) is 14.0 Å². The lowest BCUT2D eigenvalue weighted by molar-refractivity contribution is 0.102. The van der Waals surface area contributed by atoms with Crippen LogP contribution < -0.4 is 20.1 Å². The number of ether oxygens (including phenoxy) is 2. The molecule has 1 aromatic heterocycles. The number of nitrogens with zero attached hydrogens (tertiary/aromatic N) is 1. The normalized spacial score (nSPS) is 10.2. The zero-order chi connectivity index (χ0) is 20.8. The van der Waals surface area contributed by atoms with Crippen molar-refractivity contribution in [2.75, 3.05) is 24.9 Å². The molecule has 0 saturated heterocycles. The molecular formula is C21H18FN3O4. The van der Waals surface area contributed by atoms with E-state index in [1.807, 2.05) is 0 Å².